The summed E-state index contributed by atoms with van der Waals surface area (Å²) in [7, 11) is 0. The Balaban J connectivity index is 0.805. The summed E-state index contributed by atoms with van der Waals surface area (Å²) in [6.07, 6.45) is 16.3. The molecule has 2 bridgehead atoms. The predicted molar refractivity (Wildman–Crippen MR) is 551 cm³/mol. The van der Waals surface area contributed by atoms with Crippen molar-refractivity contribution < 1.29 is 120 Å². The van der Waals surface area contributed by atoms with E-state index in [2.05, 4.69) is 91.3 Å². The number of thioether (sulfide) groups is 2. The van der Waals surface area contributed by atoms with Crippen molar-refractivity contribution in [3.8, 4) is 5.75 Å². The number of carbonyl (C=O) groups excluding carboxylic acids is 14. The lowest BCUT2D eigenvalue weighted by atomic mass is 9.95. The number of aromatic hydroxyl groups is 1. The van der Waals surface area contributed by atoms with Gasteiger partial charge in [-0.25, -0.2) is 13.6 Å². The van der Waals surface area contributed by atoms with E-state index in [1.54, 1.807) is 0 Å². The number of carboxylic acids is 2. The molecule has 11 atom stereocenters. The molecule has 45 heteroatoms. The summed E-state index contributed by atoms with van der Waals surface area (Å²) in [6.45, 7) is 5.81. The molecule has 14 amide bonds. The lowest BCUT2D eigenvalue weighted by molar-refractivity contribution is -0.147. The van der Waals surface area contributed by atoms with E-state index < -0.39 is 186 Å². The maximum atomic E-state index is 15.4. The van der Waals surface area contributed by atoms with Crippen molar-refractivity contribution >= 4 is 140 Å². The normalized spacial score (nSPS) is 20.8. The number of carboxylic acid groups (broad SMARTS) is 2. The highest BCUT2D eigenvalue weighted by atomic mass is 32.2. The number of nitrogens with zero attached hydrogens (tertiary/aromatic N) is 1. The molecule has 2 aromatic heterocycles. The van der Waals surface area contributed by atoms with Crippen molar-refractivity contribution in [3.63, 3.8) is 0 Å². The van der Waals surface area contributed by atoms with E-state index in [0.717, 1.165) is 36.5 Å². The third kappa shape index (κ3) is 42.0. The third-order valence-electron chi connectivity index (χ3n) is 25.8. The summed E-state index contributed by atoms with van der Waals surface area (Å²) < 4.78 is 52.2. The number of primary amides is 1. The standard InChI is InChI=1S/C103H146F2N18O23S2/c1-4-5-6-7-8-9-10-11-12-13-14-15-16-24-88(126)116-80(101(140)141)33-34-87(125)109-38-41-143-43-46-146-60-91(129)110-39-42-144-44-45-145-59-90(128)108-37-18-17-23-79-95(134)114-65(2)94(133)117-81(50-69-56-111-77-31-27-71(104)52-75(69)77)96(135)118-82(51-70-57-112-78-32-28-72(105)53-76(70)78)97(136)120-84(55-92(130)131)99(138)119-83(54-73-58-107-64-113-73)98(137)121-85(49-66-25-29-74(124)30-26-66)100(139)123-40-20-36-103(123,3)102(142)122-86(93(106)132)63-148-62-68-22-19-21-67(48-68)61-147-47-35-89(127)115-79/h19,21-22,25-32,48,52-53,56-57,65,73,79-86,107,111-113,124H,4-18,20,23-24,33-47,49-51,54-55,58-64H2,1-3H3,(H2,106,132)(H,108,128)(H,109,125)(H,110,129)(H,114,134)(H,115,127)(H,116,126)(H,117,133)(H,118,135)(H,119,138)(H,120,136)(H,121,137)(H,122,142)(H,130,131)(H,140,141)/t65-,73?,79+,80+,81+,82+,83+,84+,85+,86+,103+/m1/s1. The second-order valence-electron chi connectivity index (χ2n) is 37.6. The van der Waals surface area contributed by atoms with Gasteiger partial charge >= 0.3 is 11.9 Å². The summed E-state index contributed by atoms with van der Waals surface area (Å²) in [4.78, 5) is 230. The van der Waals surface area contributed by atoms with Crippen molar-refractivity contribution in [3.05, 3.63) is 137 Å². The van der Waals surface area contributed by atoms with Gasteiger partial charge in [-0.2, -0.15) is 23.5 Å². The second kappa shape index (κ2) is 64.1. The average molecular weight is 2110 g/mol. The number of hydrogen-bond acceptors (Lipinski definition) is 25. The van der Waals surface area contributed by atoms with Crippen LogP contribution in [0.4, 0.5) is 8.78 Å². The smallest absolute Gasteiger partial charge is 0.326 e. The number of nitrogens with one attached hydrogen (secondary N) is 16. The Bertz CT molecular complexity index is 5370. The van der Waals surface area contributed by atoms with Crippen molar-refractivity contribution in [1.82, 2.24) is 89.3 Å². The van der Waals surface area contributed by atoms with E-state index in [1.807, 2.05) is 24.3 Å². The number of aliphatic carboxylic acids is 2. The molecule has 812 valence electrons. The predicted octanol–water partition coefficient (Wildman–Crippen LogP) is 4.80. The molecule has 148 heavy (non-hydrogen) atoms. The van der Waals surface area contributed by atoms with Crippen LogP contribution in [0.25, 0.3) is 21.8 Å². The minimum atomic E-state index is -2.07. The van der Waals surface area contributed by atoms with Crippen molar-refractivity contribution in [1.29, 1.82) is 0 Å². The van der Waals surface area contributed by atoms with E-state index in [9.17, 15) is 68.1 Å². The number of aromatic nitrogens is 2. The first kappa shape index (κ1) is 119. The Hall–Kier alpha value is -12.4. The van der Waals surface area contributed by atoms with Gasteiger partial charge in [-0.05, 0) is 142 Å². The van der Waals surface area contributed by atoms with Crippen LogP contribution in [-0.2, 0) is 126 Å². The minimum absolute atomic E-state index is 0.00174. The van der Waals surface area contributed by atoms with Gasteiger partial charge in [0, 0.05) is 141 Å². The highest BCUT2D eigenvalue weighted by Gasteiger charge is 2.49. The molecule has 9 rings (SSSR count). The fourth-order valence-corrected chi connectivity index (χ4v) is 19.4. The topological polar surface area (TPSA) is 600 Å². The van der Waals surface area contributed by atoms with Gasteiger partial charge < -0.3 is 129 Å². The Labute approximate surface area is 868 Å². The number of hydrogen-bond donors (Lipinski definition) is 20. The van der Waals surface area contributed by atoms with Crippen molar-refractivity contribution in [2.45, 2.75) is 272 Å². The molecule has 3 aliphatic heterocycles. The number of ether oxygens (including phenoxy) is 4. The highest BCUT2D eigenvalue weighted by Crippen LogP contribution is 2.33. The summed E-state index contributed by atoms with van der Waals surface area (Å²) in [5.41, 5.74) is 7.74. The molecule has 0 radical (unpaired) electrons. The molecule has 21 N–H and O–H groups in total. The number of fused-ring (bicyclic) bond motifs is 5. The molecule has 0 saturated carbocycles. The minimum Gasteiger partial charge on any atom is -0.508 e. The monoisotopic (exact) mass is 2110 g/mol. The first-order chi connectivity index (χ1) is 71.2. The Morgan fingerprint density at radius 2 is 1.08 bits per heavy atom. The lowest BCUT2D eigenvalue weighted by Crippen LogP contribution is -2.63. The Morgan fingerprint density at radius 3 is 1.66 bits per heavy atom. The van der Waals surface area contributed by atoms with Crippen LogP contribution in [0, 0.1) is 11.6 Å². The first-order valence-corrected chi connectivity index (χ1v) is 53.4. The van der Waals surface area contributed by atoms with E-state index in [-0.39, 0.29) is 202 Å². The lowest BCUT2D eigenvalue weighted by Gasteiger charge is -2.37. The maximum absolute atomic E-state index is 15.4. The molecule has 2 fully saturated rings. The van der Waals surface area contributed by atoms with E-state index in [0.29, 0.717) is 40.9 Å². The van der Waals surface area contributed by atoms with Crippen LogP contribution in [0.2, 0.25) is 0 Å². The molecular formula is C103H146F2N18O23S2. The number of halogens is 2. The van der Waals surface area contributed by atoms with Crippen molar-refractivity contribution in [2.75, 3.05) is 104 Å². The summed E-state index contributed by atoms with van der Waals surface area (Å²) in [5, 5.41) is 69.2. The SMILES string of the molecule is CCCCCCCCCCCCCCCC(=O)N[C@@H](CCC(=O)NCCOCCOCC(=O)NCCOCCOCC(=O)NCCCC[C@@H]1NC(=O)CCSCc2cccc(c2)CSC[C@@H](C(N)=O)NC(=O)[C@]2(C)CCCN2C(=O)[C@H](Cc2ccc(O)cc2)NC(=O)[C@H](CC2CNCN2)NC(=O)[C@H](CC(=O)O)NC(=O)[C@H](Cc2c[nH]c3ccc(F)cc23)NC(=O)[C@H](Cc2c[nH]c3ccc(F)cc23)NC(=O)[C@@H](C)NC1=O)C(=O)O. The number of amides is 14. The van der Waals surface area contributed by atoms with Gasteiger partial charge in [-0.15, -0.1) is 0 Å². The van der Waals surface area contributed by atoms with Gasteiger partial charge in [0.2, 0.25) is 82.7 Å². The summed E-state index contributed by atoms with van der Waals surface area (Å²) >= 11 is 2.71. The van der Waals surface area contributed by atoms with Gasteiger partial charge in [0.05, 0.1) is 46.1 Å². The zero-order valence-corrected chi connectivity index (χ0v) is 86.1. The van der Waals surface area contributed by atoms with Crippen LogP contribution >= 0.6 is 23.5 Å². The number of phenols is 1. The molecule has 4 aromatic carbocycles. The number of aromatic amines is 2. The van der Waals surface area contributed by atoms with Gasteiger partial charge in [0.25, 0.3) is 0 Å². The molecule has 3 aliphatic rings. The maximum Gasteiger partial charge on any atom is 0.326 e. The molecule has 41 nitrogen and oxygen atoms in total. The van der Waals surface area contributed by atoms with Gasteiger partial charge in [-0.3, -0.25) is 71.9 Å². The zero-order chi connectivity index (χ0) is 107. The van der Waals surface area contributed by atoms with Crippen LogP contribution in [-0.4, -0.2) is 295 Å². The first-order valence-electron chi connectivity index (χ1n) is 51.1. The van der Waals surface area contributed by atoms with E-state index in [4.69, 9.17) is 24.7 Å². The number of unbranched alkanes of at least 4 members (excludes halogenated alkanes) is 13. The Kier molecular flexibility index (Phi) is 51.6. The number of benzene rings is 4. The Morgan fingerprint density at radius 1 is 0.547 bits per heavy atom. The zero-order valence-electron chi connectivity index (χ0n) is 84.4. The molecule has 0 spiro atoms. The summed E-state index contributed by atoms with van der Waals surface area (Å²) in [5.74, 6) is -14.2. The average Bonchev–Trinajstić information content (AvgIpc) is 1.61. The molecule has 2 saturated heterocycles. The fourth-order valence-electron chi connectivity index (χ4n) is 17.5. The number of rotatable bonds is 51. The number of carbonyl (C=O) groups is 16. The molecular weight excluding hydrogens is 1960 g/mol. The third-order valence-corrected chi connectivity index (χ3v) is 27.9. The number of nitrogens with two attached hydrogens (primary N) is 1. The van der Waals surface area contributed by atoms with Crippen LogP contribution in [0.5, 0.6) is 5.75 Å². The largest absolute Gasteiger partial charge is 0.508 e. The van der Waals surface area contributed by atoms with Crippen LogP contribution in [0.15, 0.2) is 97.3 Å². The van der Waals surface area contributed by atoms with Crippen molar-refractivity contribution in [2.24, 2.45) is 5.73 Å². The van der Waals surface area contributed by atoms with Crippen LogP contribution in [0.3, 0.4) is 0 Å². The van der Waals surface area contributed by atoms with Gasteiger partial charge in [0.1, 0.15) is 90.5 Å². The number of H-pyrrole nitrogens is 2. The molecule has 1 unspecified atom stereocenters. The number of phenolic OH excluding ortho intramolecular Hbond substituents is 1. The van der Waals surface area contributed by atoms with E-state index in [1.165, 1.54) is 167 Å². The van der Waals surface area contributed by atoms with E-state index >= 15 is 32.8 Å². The molecule has 6 aromatic rings. The van der Waals surface area contributed by atoms with Crippen LogP contribution < -0.4 is 80.2 Å². The second-order valence-corrected chi connectivity index (χ2v) is 39.7. The molecule has 0 aliphatic carbocycles. The van der Waals surface area contributed by atoms with Gasteiger partial charge in [0.15, 0.2) is 0 Å². The highest BCUT2D eigenvalue weighted by molar-refractivity contribution is 7.98. The summed E-state index contributed by atoms with van der Waals surface area (Å²) in [6, 6.07) is 6.23. The van der Waals surface area contributed by atoms with Crippen LogP contribution in [0.1, 0.15) is 203 Å². The van der Waals surface area contributed by atoms with Gasteiger partial charge in [-0.1, -0.05) is 120 Å². The quantitative estimate of drug-likeness (QED) is 0.0228. The fraction of sp³-hybridized carbons (Fsp3) is 0.573. The molecule has 5 heterocycles.